The molecule has 0 radical (unpaired) electrons. The smallest absolute Gasteiger partial charge is 0.246 e. The number of hydrogen-bond donors (Lipinski definition) is 3. The normalized spacial score (nSPS) is 10.7. The maximum absolute atomic E-state index is 4.62. The van der Waals surface area contributed by atoms with Crippen LogP contribution in [-0.4, -0.2) is 45.4 Å². The number of rotatable bonds is 9. The van der Waals surface area contributed by atoms with E-state index in [4.69, 9.17) is 0 Å². The van der Waals surface area contributed by atoms with Crippen molar-refractivity contribution >= 4 is 23.0 Å². The third-order valence-electron chi connectivity index (χ3n) is 4.78. The first-order valence-electron chi connectivity index (χ1n) is 9.95. The summed E-state index contributed by atoms with van der Waals surface area (Å²) in [7, 11) is 4.04. The largest absolute Gasteiger partial charge is 0.384 e. The Morgan fingerprint density at radius 2 is 1.90 bits per heavy atom. The van der Waals surface area contributed by atoms with Crippen LogP contribution in [0.25, 0.3) is 11.4 Å². The van der Waals surface area contributed by atoms with Gasteiger partial charge in [-0.15, -0.1) is 5.10 Å². The molecule has 0 aliphatic rings. The quantitative estimate of drug-likeness (QED) is 0.367. The van der Waals surface area contributed by atoms with Crippen molar-refractivity contribution in [1.29, 1.82) is 0 Å². The summed E-state index contributed by atoms with van der Waals surface area (Å²) in [4.78, 5) is 10.8. The first kappa shape index (κ1) is 19.5. The molecule has 2 aromatic heterocycles. The molecule has 4 aromatic rings. The summed E-state index contributed by atoms with van der Waals surface area (Å²) in [6.07, 6.45) is 6.61. The second kappa shape index (κ2) is 9.13. The van der Waals surface area contributed by atoms with Gasteiger partial charge in [0, 0.05) is 62.2 Å². The molecule has 0 amide bonds. The molecule has 0 saturated carbocycles. The van der Waals surface area contributed by atoms with Crippen LogP contribution in [-0.2, 0) is 6.54 Å². The first-order chi connectivity index (χ1) is 14.7. The minimum atomic E-state index is 0.539. The second-order valence-electron chi connectivity index (χ2n) is 7.20. The SMILES string of the molecule is CN(C)c1ccc(Nc2n[nH]c(-c3ccccc3NCCCn3ccnc3)n2)cc1. The van der Waals surface area contributed by atoms with Gasteiger partial charge in [-0.25, -0.2) is 4.98 Å². The average molecular weight is 403 g/mol. The topological polar surface area (TPSA) is 86.7 Å². The van der Waals surface area contributed by atoms with E-state index in [1.165, 1.54) is 0 Å². The van der Waals surface area contributed by atoms with Gasteiger partial charge in [0.2, 0.25) is 5.95 Å². The van der Waals surface area contributed by atoms with E-state index in [1.54, 1.807) is 6.20 Å². The van der Waals surface area contributed by atoms with Crippen molar-refractivity contribution < 1.29 is 0 Å². The van der Waals surface area contributed by atoms with Crippen LogP contribution in [0.5, 0.6) is 0 Å². The fraction of sp³-hybridized carbons (Fsp3) is 0.227. The van der Waals surface area contributed by atoms with Gasteiger partial charge >= 0.3 is 0 Å². The zero-order valence-corrected chi connectivity index (χ0v) is 17.2. The number of aryl methyl sites for hydroxylation is 1. The molecule has 8 heteroatoms. The molecule has 8 nitrogen and oxygen atoms in total. The molecule has 0 saturated heterocycles. The standard InChI is InChI=1S/C22H26N8/c1-29(2)18-10-8-17(9-11-18)25-22-26-21(27-28-22)19-6-3-4-7-20(19)24-12-5-14-30-15-13-23-16-30/h3-4,6-11,13,15-16,24H,5,12,14H2,1-2H3,(H2,25,26,27,28). The highest BCUT2D eigenvalue weighted by molar-refractivity contribution is 5.74. The molecule has 0 atom stereocenters. The summed E-state index contributed by atoms with van der Waals surface area (Å²) in [5.41, 5.74) is 4.10. The summed E-state index contributed by atoms with van der Waals surface area (Å²) in [6, 6.07) is 16.3. The van der Waals surface area contributed by atoms with Crippen molar-refractivity contribution in [2.45, 2.75) is 13.0 Å². The highest BCUT2D eigenvalue weighted by Gasteiger charge is 2.10. The minimum Gasteiger partial charge on any atom is -0.384 e. The number of nitrogens with zero attached hydrogens (tertiary/aromatic N) is 5. The average Bonchev–Trinajstić information content (AvgIpc) is 3.44. The van der Waals surface area contributed by atoms with E-state index in [-0.39, 0.29) is 0 Å². The van der Waals surface area contributed by atoms with Gasteiger partial charge in [0.05, 0.1) is 6.33 Å². The summed E-state index contributed by atoms with van der Waals surface area (Å²) in [5, 5.41) is 14.1. The molecule has 0 spiro atoms. The number of aromatic nitrogens is 5. The predicted molar refractivity (Wildman–Crippen MR) is 121 cm³/mol. The number of nitrogens with one attached hydrogen (secondary N) is 3. The van der Waals surface area contributed by atoms with Crippen LogP contribution in [0.4, 0.5) is 23.0 Å². The van der Waals surface area contributed by atoms with Crippen LogP contribution in [0.15, 0.2) is 67.3 Å². The zero-order valence-electron chi connectivity index (χ0n) is 17.2. The second-order valence-corrected chi connectivity index (χ2v) is 7.20. The Kier molecular flexibility index (Phi) is 5.93. The summed E-state index contributed by atoms with van der Waals surface area (Å²) >= 11 is 0. The van der Waals surface area contributed by atoms with Crippen molar-refractivity contribution in [1.82, 2.24) is 24.7 Å². The van der Waals surface area contributed by atoms with Crippen LogP contribution in [0.2, 0.25) is 0 Å². The number of H-pyrrole nitrogens is 1. The van der Waals surface area contributed by atoms with Gasteiger partial charge in [0.1, 0.15) is 0 Å². The Hall–Kier alpha value is -3.81. The van der Waals surface area contributed by atoms with E-state index < -0.39 is 0 Å². The van der Waals surface area contributed by atoms with Crippen LogP contribution in [0, 0.1) is 0 Å². The Morgan fingerprint density at radius 1 is 1.07 bits per heavy atom. The molecule has 0 unspecified atom stereocenters. The van der Waals surface area contributed by atoms with Crippen LogP contribution in [0.3, 0.4) is 0 Å². The highest BCUT2D eigenvalue weighted by atomic mass is 15.3. The fourth-order valence-electron chi connectivity index (χ4n) is 3.16. The molecule has 0 aliphatic heterocycles. The van der Waals surface area contributed by atoms with Crippen molar-refractivity contribution in [3.05, 3.63) is 67.3 Å². The predicted octanol–water partition coefficient (Wildman–Crippen LogP) is 3.98. The van der Waals surface area contributed by atoms with Crippen LogP contribution >= 0.6 is 0 Å². The van der Waals surface area contributed by atoms with Crippen LogP contribution < -0.4 is 15.5 Å². The van der Waals surface area contributed by atoms with Gasteiger partial charge in [0.25, 0.3) is 0 Å². The molecule has 3 N–H and O–H groups in total. The molecule has 30 heavy (non-hydrogen) atoms. The van der Waals surface area contributed by atoms with E-state index >= 15 is 0 Å². The zero-order chi connectivity index (χ0) is 20.8. The lowest BCUT2D eigenvalue weighted by Gasteiger charge is -2.12. The maximum Gasteiger partial charge on any atom is 0.246 e. The third-order valence-corrected chi connectivity index (χ3v) is 4.78. The van der Waals surface area contributed by atoms with Crippen LogP contribution in [0.1, 0.15) is 6.42 Å². The number of hydrogen-bond acceptors (Lipinski definition) is 6. The van der Waals surface area contributed by atoms with E-state index in [2.05, 4.69) is 58.5 Å². The van der Waals surface area contributed by atoms with Crippen molar-refractivity contribution in [3.8, 4) is 11.4 Å². The monoisotopic (exact) mass is 402 g/mol. The summed E-state index contributed by atoms with van der Waals surface area (Å²) < 4.78 is 2.08. The molecular formula is C22H26N8. The molecule has 2 heterocycles. The number of para-hydroxylation sites is 1. The fourth-order valence-corrected chi connectivity index (χ4v) is 3.16. The molecule has 0 aliphatic carbocycles. The Bertz CT molecular complexity index is 1050. The van der Waals surface area contributed by atoms with Crippen molar-refractivity contribution in [2.75, 3.05) is 36.2 Å². The van der Waals surface area contributed by atoms with Gasteiger partial charge in [-0.2, -0.15) is 4.98 Å². The van der Waals surface area contributed by atoms with Gasteiger partial charge in [-0.1, -0.05) is 12.1 Å². The van der Waals surface area contributed by atoms with E-state index in [0.717, 1.165) is 48.0 Å². The van der Waals surface area contributed by atoms with Gasteiger partial charge in [-0.3, -0.25) is 5.10 Å². The molecule has 0 fully saturated rings. The van der Waals surface area contributed by atoms with Gasteiger partial charge in [-0.05, 0) is 42.8 Å². The molecular weight excluding hydrogens is 376 g/mol. The van der Waals surface area contributed by atoms with Crippen molar-refractivity contribution in [3.63, 3.8) is 0 Å². The molecule has 0 bridgehead atoms. The highest BCUT2D eigenvalue weighted by Crippen LogP contribution is 2.26. The maximum atomic E-state index is 4.62. The van der Waals surface area contributed by atoms with Gasteiger partial charge < -0.3 is 20.1 Å². The third kappa shape index (κ3) is 4.78. The number of benzene rings is 2. The summed E-state index contributed by atoms with van der Waals surface area (Å²) in [6.45, 7) is 1.78. The number of anilines is 4. The minimum absolute atomic E-state index is 0.539. The Balaban J connectivity index is 1.40. The number of aromatic amines is 1. The lowest BCUT2D eigenvalue weighted by atomic mass is 10.1. The Morgan fingerprint density at radius 3 is 2.67 bits per heavy atom. The molecule has 154 valence electrons. The first-order valence-corrected chi connectivity index (χ1v) is 9.95. The Labute approximate surface area is 176 Å². The van der Waals surface area contributed by atoms with E-state index in [1.807, 2.05) is 57.0 Å². The summed E-state index contributed by atoms with van der Waals surface area (Å²) in [5.74, 6) is 1.26. The van der Waals surface area contributed by atoms with E-state index in [9.17, 15) is 0 Å². The molecule has 4 rings (SSSR count). The molecule has 2 aromatic carbocycles. The lowest BCUT2D eigenvalue weighted by molar-refractivity contribution is 0.661. The lowest BCUT2D eigenvalue weighted by Crippen LogP contribution is -2.08. The van der Waals surface area contributed by atoms with Crippen molar-refractivity contribution in [2.24, 2.45) is 0 Å². The number of imidazole rings is 1. The van der Waals surface area contributed by atoms with E-state index in [0.29, 0.717) is 5.95 Å². The van der Waals surface area contributed by atoms with Gasteiger partial charge in [0.15, 0.2) is 5.82 Å².